The van der Waals surface area contributed by atoms with E-state index in [1.54, 1.807) is 0 Å². The number of para-hydroxylation sites is 1. The lowest BCUT2D eigenvalue weighted by Gasteiger charge is -2.28. The van der Waals surface area contributed by atoms with Crippen molar-refractivity contribution in [1.29, 1.82) is 0 Å². The molecule has 2 aromatic rings. The Hall–Kier alpha value is -2.66. The molecule has 2 aliphatic rings. The van der Waals surface area contributed by atoms with E-state index in [1.165, 1.54) is 11.1 Å². The fourth-order valence-corrected chi connectivity index (χ4v) is 3.94. The van der Waals surface area contributed by atoms with E-state index in [-0.39, 0.29) is 5.91 Å². The number of nitrogens with one attached hydrogen (secondary N) is 1. The van der Waals surface area contributed by atoms with Crippen LogP contribution in [0.1, 0.15) is 29.5 Å². The molecule has 1 N–H and O–H groups in total. The predicted octanol–water partition coefficient (Wildman–Crippen LogP) is 3.04. The van der Waals surface area contributed by atoms with Crippen molar-refractivity contribution in [2.45, 2.75) is 26.4 Å². The van der Waals surface area contributed by atoms with E-state index in [9.17, 15) is 4.79 Å². The molecule has 0 saturated carbocycles. The summed E-state index contributed by atoms with van der Waals surface area (Å²) in [5, 5.41) is 2.97. The number of carbonyl (C=O) groups is 1. The van der Waals surface area contributed by atoms with Gasteiger partial charge in [0.2, 0.25) is 0 Å². The quantitative estimate of drug-likeness (QED) is 0.924. The first-order valence-electron chi connectivity index (χ1n) is 9.17. The van der Waals surface area contributed by atoms with Crippen LogP contribution >= 0.6 is 0 Å². The molecule has 0 unspecified atom stereocenters. The number of nitrogens with zero attached hydrogens (tertiary/aromatic N) is 3. The van der Waals surface area contributed by atoms with Crippen molar-refractivity contribution < 1.29 is 4.79 Å². The van der Waals surface area contributed by atoms with Crippen LogP contribution in [0.2, 0.25) is 0 Å². The molecule has 1 aromatic heterocycles. The Labute approximate surface area is 153 Å². The lowest BCUT2D eigenvalue weighted by atomic mass is 9.99. The van der Waals surface area contributed by atoms with Gasteiger partial charge < -0.3 is 9.88 Å². The van der Waals surface area contributed by atoms with Gasteiger partial charge in [0.05, 0.1) is 23.1 Å². The van der Waals surface area contributed by atoms with Gasteiger partial charge in [-0.3, -0.25) is 9.69 Å². The van der Waals surface area contributed by atoms with Gasteiger partial charge in [0.25, 0.3) is 5.91 Å². The average Bonchev–Trinajstić information content (AvgIpc) is 2.90. The summed E-state index contributed by atoms with van der Waals surface area (Å²) in [5.41, 5.74) is 5.25. The summed E-state index contributed by atoms with van der Waals surface area (Å²) in [5.74, 6) is 1.02. The zero-order valence-electron chi connectivity index (χ0n) is 15.2. The minimum Gasteiger partial charge on any atom is -0.350 e. The number of hydrogen-bond donors (Lipinski definition) is 1. The number of rotatable bonds is 4. The number of amides is 1. The van der Waals surface area contributed by atoms with Crippen LogP contribution in [-0.2, 0) is 13.1 Å². The van der Waals surface area contributed by atoms with Crippen molar-refractivity contribution in [3.63, 3.8) is 0 Å². The predicted molar refractivity (Wildman–Crippen MR) is 104 cm³/mol. The van der Waals surface area contributed by atoms with Crippen molar-refractivity contribution in [3.8, 4) is 0 Å². The molecule has 1 amide bonds. The maximum atomic E-state index is 12.3. The summed E-state index contributed by atoms with van der Waals surface area (Å²) in [7, 11) is 0. The van der Waals surface area contributed by atoms with Crippen LogP contribution in [0, 0.1) is 0 Å². The second-order valence-electron chi connectivity index (χ2n) is 6.82. The molecular formula is C21H24N4O. The molecule has 26 heavy (non-hydrogen) atoms. The van der Waals surface area contributed by atoms with E-state index in [4.69, 9.17) is 4.98 Å². The summed E-state index contributed by atoms with van der Waals surface area (Å²) < 4.78 is 2.21. The summed E-state index contributed by atoms with van der Waals surface area (Å²) in [6, 6.07) is 5.78. The molecule has 0 aliphatic carbocycles. The molecule has 0 spiro atoms. The second kappa shape index (κ2) is 6.92. The Kier molecular flexibility index (Phi) is 4.47. The Bertz CT molecular complexity index is 935. The van der Waals surface area contributed by atoms with Crippen molar-refractivity contribution in [2.24, 2.45) is 0 Å². The van der Waals surface area contributed by atoms with Crippen LogP contribution in [0.4, 0.5) is 0 Å². The smallest absolute Gasteiger partial charge is 0.253 e. The average molecular weight is 348 g/mol. The summed E-state index contributed by atoms with van der Waals surface area (Å²) in [6.45, 7) is 10.1. The van der Waals surface area contributed by atoms with Gasteiger partial charge in [-0.2, -0.15) is 0 Å². The molecule has 0 saturated heterocycles. The highest BCUT2D eigenvalue weighted by Gasteiger charge is 2.23. The highest BCUT2D eigenvalue weighted by atomic mass is 16.1. The van der Waals surface area contributed by atoms with E-state index in [0.717, 1.165) is 55.0 Å². The van der Waals surface area contributed by atoms with Gasteiger partial charge in [-0.25, -0.2) is 4.98 Å². The molecule has 0 fully saturated rings. The van der Waals surface area contributed by atoms with Crippen LogP contribution in [0.5, 0.6) is 0 Å². The first-order valence-corrected chi connectivity index (χ1v) is 9.17. The first-order chi connectivity index (χ1) is 12.7. The fraction of sp³-hybridized carbons (Fsp3) is 0.333. The zero-order chi connectivity index (χ0) is 18.1. The number of carbonyl (C=O) groups excluding carboxylic acids is 1. The van der Waals surface area contributed by atoms with E-state index >= 15 is 0 Å². The van der Waals surface area contributed by atoms with Gasteiger partial charge in [0.1, 0.15) is 5.82 Å². The molecule has 2 aliphatic heterocycles. The van der Waals surface area contributed by atoms with Crippen LogP contribution in [0.15, 0.2) is 54.2 Å². The molecule has 4 rings (SSSR count). The Morgan fingerprint density at radius 2 is 2.19 bits per heavy atom. The third-order valence-electron chi connectivity index (χ3n) is 5.19. The minimum absolute atomic E-state index is 0.00774. The van der Waals surface area contributed by atoms with Gasteiger partial charge in [-0.1, -0.05) is 30.9 Å². The third-order valence-corrected chi connectivity index (χ3v) is 5.19. The van der Waals surface area contributed by atoms with Crippen LogP contribution in [-0.4, -0.2) is 40.0 Å². The molecule has 1 aromatic carbocycles. The zero-order valence-corrected chi connectivity index (χ0v) is 15.2. The second-order valence-corrected chi connectivity index (χ2v) is 6.82. The fourth-order valence-electron chi connectivity index (χ4n) is 3.94. The number of aromatic nitrogens is 2. The van der Waals surface area contributed by atoms with E-state index in [0.29, 0.717) is 6.54 Å². The normalized spacial score (nSPS) is 18.4. The molecule has 0 bridgehead atoms. The molecule has 0 radical (unpaired) electrons. The van der Waals surface area contributed by atoms with E-state index < -0.39 is 0 Å². The number of benzene rings is 1. The Morgan fingerprint density at radius 3 is 3.00 bits per heavy atom. The van der Waals surface area contributed by atoms with Crippen LogP contribution in [0.25, 0.3) is 11.0 Å². The maximum absolute atomic E-state index is 12.3. The molecule has 0 atom stereocenters. The van der Waals surface area contributed by atoms with Crippen LogP contribution in [0.3, 0.4) is 0 Å². The highest BCUT2D eigenvalue weighted by Crippen LogP contribution is 2.25. The number of hydrogen-bond acceptors (Lipinski definition) is 3. The summed E-state index contributed by atoms with van der Waals surface area (Å²) in [6.07, 6.45) is 7.28. The lowest BCUT2D eigenvalue weighted by Crippen LogP contribution is -2.32. The first kappa shape index (κ1) is 16.8. The van der Waals surface area contributed by atoms with Gasteiger partial charge >= 0.3 is 0 Å². The Morgan fingerprint density at radius 1 is 1.31 bits per heavy atom. The van der Waals surface area contributed by atoms with Gasteiger partial charge in [-0.05, 0) is 36.6 Å². The standard InChI is InChI=1S/C21H24N4O/c1-3-6-16-9-11-24(13-15(16)4-2)14-19-23-18-8-5-7-17-20(18)25(19)12-10-22-21(17)26/h3-8H,2,9-14H2,1H3,(H,22,26)/b6-3-. The van der Waals surface area contributed by atoms with Gasteiger partial charge in [0, 0.05) is 26.2 Å². The summed E-state index contributed by atoms with van der Waals surface area (Å²) in [4.78, 5) is 19.5. The number of allylic oxidation sites excluding steroid dienone is 2. The molecule has 5 heteroatoms. The molecule has 5 nitrogen and oxygen atoms in total. The monoisotopic (exact) mass is 348 g/mol. The van der Waals surface area contributed by atoms with Crippen molar-refractivity contribution in [3.05, 3.63) is 65.5 Å². The van der Waals surface area contributed by atoms with Crippen molar-refractivity contribution in [2.75, 3.05) is 19.6 Å². The van der Waals surface area contributed by atoms with Crippen molar-refractivity contribution >= 4 is 16.9 Å². The topological polar surface area (TPSA) is 50.2 Å². The van der Waals surface area contributed by atoms with Gasteiger partial charge in [-0.15, -0.1) is 0 Å². The molecule has 3 heterocycles. The van der Waals surface area contributed by atoms with Crippen molar-refractivity contribution in [1.82, 2.24) is 19.8 Å². The largest absolute Gasteiger partial charge is 0.350 e. The van der Waals surface area contributed by atoms with E-state index in [1.807, 2.05) is 24.3 Å². The van der Waals surface area contributed by atoms with E-state index in [2.05, 4.69) is 40.4 Å². The lowest BCUT2D eigenvalue weighted by molar-refractivity contribution is 0.0956. The minimum atomic E-state index is -0.00774. The van der Waals surface area contributed by atoms with Gasteiger partial charge in [0.15, 0.2) is 0 Å². The molecular weight excluding hydrogens is 324 g/mol. The highest BCUT2D eigenvalue weighted by molar-refractivity contribution is 6.05. The third kappa shape index (κ3) is 2.88. The Balaban J connectivity index is 1.67. The summed E-state index contributed by atoms with van der Waals surface area (Å²) >= 11 is 0. The SMILES string of the molecule is C=CC1=C(/C=C\C)CCN(Cc2nc3cccc4c3n2CCNC4=O)C1. The molecule has 134 valence electrons. The van der Waals surface area contributed by atoms with Crippen LogP contribution < -0.4 is 5.32 Å². The maximum Gasteiger partial charge on any atom is 0.253 e. The number of imidazole rings is 1.